The molecule has 2 aromatic rings. The molecule has 1 amide bonds. The summed E-state index contributed by atoms with van der Waals surface area (Å²) in [6.45, 7) is 0.154. The molecular formula is C15H14ClNO3. The molecule has 2 rings (SSSR count). The number of ether oxygens (including phenoxy) is 1. The molecule has 0 aliphatic carbocycles. The molecule has 4 nitrogen and oxygen atoms in total. The molecule has 0 radical (unpaired) electrons. The lowest BCUT2D eigenvalue weighted by molar-refractivity contribution is 0.0945. The number of aliphatic hydroxyl groups excluding tert-OH is 1. The van der Waals surface area contributed by atoms with E-state index in [0.717, 1.165) is 0 Å². The molecule has 0 aliphatic heterocycles. The van der Waals surface area contributed by atoms with Crippen molar-refractivity contribution in [2.24, 2.45) is 0 Å². The van der Waals surface area contributed by atoms with Gasteiger partial charge in [-0.1, -0.05) is 17.7 Å². The van der Waals surface area contributed by atoms with Crippen molar-refractivity contribution < 1.29 is 14.6 Å². The van der Waals surface area contributed by atoms with Crippen LogP contribution < -0.4 is 10.1 Å². The Bertz CT molecular complexity index is 584. The average Bonchev–Trinajstić information content (AvgIpc) is 2.45. The number of carbonyl (C=O) groups is 1. The van der Waals surface area contributed by atoms with E-state index in [0.29, 0.717) is 22.1 Å². The van der Waals surface area contributed by atoms with Crippen LogP contribution >= 0.6 is 11.6 Å². The number of nitrogens with one attached hydrogen (secondary N) is 1. The number of hydrogen-bond donors (Lipinski definition) is 2. The molecule has 20 heavy (non-hydrogen) atoms. The summed E-state index contributed by atoms with van der Waals surface area (Å²) in [7, 11) is 0. The topological polar surface area (TPSA) is 58.6 Å². The van der Waals surface area contributed by atoms with Crippen molar-refractivity contribution in [3.05, 3.63) is 59.1 Å². The Hall–Kier alpha value is -2.04. The Kier molecular flexibility index (Phi) is 4.98. The van der Waals surface area contributed by atoms with Crippen LogP contribution in [-0.2, 0) is 0 Å². The molecule has 104 valence electrons. The Morgan fingerprint density at radius 3 is 2.55 bits per heavy atom. The van der Waals surface area contributed by atoms with Gasteiger partial charge in [-0.2, -0.15) is 0 Å². The zero-order valence-corrected chi connectivity index (χ0v) is 11.4. The molecule has 5 heteroatoms. The molecule has 0 bridgehead atoms. The molecule has 0 saturated carbocycles. The smallest absolute Gasteiger partial charge is 0.251 e. The van der Waals surface area contributed by atoms with Gasteiger partial charge in [-0.25, -0.2) is 0 Å². The minimum atomic E-state index is -0.228. The van der Waals surface area contributed by atoms with Gasteiger partial charge in [0.25, 0.3) is 5.91 Å². The average molecular weight is 292 g/mol. The lowest BCUT2D eigenvalue weighted by atomic mass is 10.2. The Morgan fingerprint density at radius 2 is 1.90 bits per heavy atom. The minimum absolute atomic E-state index is 0.0816. The van der Waals surface area contributed by atoms with Crippen LogP contribution in [0.2, 0.25) is 5.02 Å². The maximum absolute atomic E-state index is 11.6. The van der Waals surface area contributed by atoms with Gasteiger partial charge in [0.1, 0.15) is 11.5 Å². The fourth-order valence-corrected chi connectivity index (χ4v) is 1.79. The van der Waals surface area contributed by atoms with E-state index in [2.05, 4.69) is 5.32 Å². The molecule has 2 aromatic carbocycles. The van der Waals surface area contributed by atoms with Gasteiger partial charge in [-0.15, -0.1) is 0 Å². The largest absolute Gasteiger partial charge is 0.457 e. The summed E-state index contributed by atoms with van der Waals surface area (Å²) < 4.78 is 5.62. The summed E-state index contributed by atoms with van der Waals surface area (Å²) in [6, 6.07) is 13.8. The van der Waals surface area contributed by atoms with E-state index in [1.54, 1.807) is 48.5 Å². The van der Waals surface area contributed by atoms with E-state index in [9.17, 15) is 4.79 Å². The van der Waals surface area contributed by atoms with E-state index in [-0.39, 0.29) is 19.1 Å². The van der Waals surface area contributed by atoms with Gasteiger partial charge < -0.3 is 15.2 Å². The third-order valence-electron chi connectivity index (χ3n) is 2.55. The zero-order valence-electron chi connectivity index (χ0n) is 10.7. The van der Waals surface area contributed by atoms with Crippen molar-refractivity contribution in [3.8, 4) is 11.5 Å². The van der Waals surface area contributed by atoms with Gasteiger partial charge in [-0.05, 0) is 42.5 Å². The molecule has 0 aliphatic rings. The van der Waals surface area contributed by atoms with Gasteiger partial charge >= 0.3 is 0 Å². The van der Waals surface area contributed by atoms with Crippen LogP contribution in [0.1, 0.15) is 10.4 Å². The van der Waals surface area contributed by atoms with E-state index in [1.807, 2.05) is 0 Å². The SMILES string of the molecule is O=C(NCCO)c1ccc(Oc2cccc(Cl)c2)cc1. The molecule has 2 N–H and O–H groups in total. The lowest BCUT2D eigenvalue weighted by Gasteiger charge is -2.07. The first-order valence-corrected chi connectivity index (χ1v) is 6.49. The highest BCUT2D eigenvalue weighted by Crippen LogP contribution is 2.24. The monoisotopic (exact) mass is 291 g/mol. The van der Waals surface area contributed by atoms with Crippen LogP contribution in [0, 0.1) is 0 Å². The third-order valence-corrected chi connectivity index (χ3v) is 2.78. The molecule has 0 fully saturated rings. The first-order valence-electron chi connectivity index (χ1n) is 6.11. The van der Waals surface area contributed by atoms with E-state index < -0.39 is 0 Å². The Morgan fingerprint density at radius 1 is 1.15 bits per heavy atom. The standard InChI is InChI=1S/C15H14ClNO3/c16-12-2-1-3-14(10-12)20-13-6-4-11(5-7-13)15(19)17-8-9-18/h1-7,10,18H,8-9H2,(H,17,19). The van der Waals surface area contributed by atoms with Crippen molar-refractivity contribution >= 4 is 17.5 Å². The molecule has 0 saturated heterocycles. The number of aliphatic hydroxyl groups is 1. The maximum atomic E-state index is 11.6. The van der Waals surface area contributed by atoms with Crippen LogP contribution in [0.15, 0.2) is 48.5 Å². The Labute approximate surface area is 122 Å². The fourth-order valence-electron chi connectivity index (χ4n) is 1.61. The normalized spacial score (nSPS) is 10.1. The summed E-state index contributed by atoms with van der Waals surface area (Å²) in [5, 5.41) is 11.8. The number of carbonyl (C=O) groups excluding carboxylic acids is 1. The highest BCUT2D eigenvalue weighted by atomic mass is 35.5. The van der Waals surface area contributed by atoms with Crippen molar-refractivity contribution in [1.29, 1.82) is 0 Å². The summed E-state index contributed by atoms with van der Waals surface area (Å²) in [4.78, 5) is 11.6. The fraction of sp³-hybridized carbons (Fsp3) is 0.133. The molecule has 0 heterocycles. The summed E-state index contributed by atoms with van der Waals surface area (Å²) in [6.07, 6.45) is 0. The first kappa shape index (κ1) is 14.4. The molecule has 0 unspecified atom stereocenters. The summed E-state index contributed by atoms with van der Waals surface area (Å²) in [5.41, 5.74) is 0.511. The van der Waals surface area contributed by atoms with Crippen molar-refractivity contribution in [2.45, 2.75) is 0 Å². The number of hydrogen-bond acceptors (Lipinski definition) is 3. The second kappa shape index (κ2) is 6.93. The summed E-state index contributed by atoms with van der Waals surface area (Å²) in [5.74, 6) is 1.02. The highest BCUT2D eigenvalue weighted by Gasteiger charge is 2.05. The van der Waals surface area contributed by atoms with Gasteiger partial charge in [0.2, 0.25) is 0 Å². The van der Waals surface area contributed by atoms with E-state index >= 15 is 0 Å². The van der Waals surface area contributed by atoms with Crippen LogP contribution in [0.4, 0.5) is 0 Å². The van der Waals surface area contributed by atoms with Gasteiger partial charge in [0.05, 0.1) is 6.61 Å². The van der Waals surface area contributed by atoms with E-state index in [4.69, 9.17) is 21.4 Å². The predicted octanol–water partition coefficient (Wildman–Crippen LogP) is 2.85. The van der Waals surface area contributed by atoms with E-state index in [1.165, 1.54) is 0 Å². The van der Waals surface area contributed by atoms with Crippen molar-refractivity contribution in [1.82, 2.24) is 5.32 Å². The maximum Gasteiger partial charge on any atom is 0.251 e. The molecular weight excluding hydrogens is 278 g/mol. The van der Waals surface area contributed by atoms with Crippen LogP contribution in [-0.4, -0.2) is 24.2 Å². The molecule has 0 spiro atoms. The first-order chi connectivity index (χ1) is 9.69. The Balaban J connectivity index is 2.03. The highest BCUT2D eigenvalue weighted by molar-refractivity contribution is 6.30. The van der Waals surface area contributed by atoms with Gasteiger partial charge in [0, 0.05) is 17.1 Å². The number of rotatable bonds is 5. The zero-order chi connectivity index (χ0) is 14.4. The van der Waals surface area contributed by atoms with Gasteiger partial charge in [0.15, 0.2) is 0 Å². The van der Waals surface area contributed by atoms with Crippen molar-refractivity contribution in [3.63, 3.8) is 0 Å². The van der Waals surface area contributed by atoms with Crippen LogP contribution in [0.3, 0.4) is 0 Å². The third kappa shape index (κ3) is 3.98. The second-order valence-corrected chi connectivity index (χ2v) is 4.50. The van der Waals surface area contributed by atoms with Crippen molar-refractivity contribution in [2.75, 3.05) is 13.2 Å². The number of amides is 1. The summed E-state index contributed by atoms with van der Waals surface area (Å²) >= 11 is 5.87. The van der Waals surface area contributed by atoms with Crippen LogP contribution in [0.25, 0.3) is 0 Å². The van der Waals surface area contributed by atoms with Gasteiger partial charge in [-0.3, -0.25) is 4.79 Å². The van der Waals surface area contributed by atoms with Crippen LogP contribution in [0.5, 0.6) is 11.5 Å². The number of halogens is 1. The second-order valence-electron chi connectivity index (χ2n) is 4.06. The molecule has 0 atom stereocenters. The molecule has 0 aromatic heterocycles. The number of benzene rings is 2. The quantitative estimate of drug-likeness (QED) is 0.890. The lowest BCUT2D eigenvalue weighted by Crippen LogP contribution is -2.26. The minimum Gasteiger partial charge on any atom is -0.457 e. The predicted molar refractivity (Wildman–Crippen MR) is 77.4 cm³/mol.